The second-order valence-corrected chi connectivity index (χ2v) is 6.90. The second kappa shape index (κ2) is 9.43. The SMILES string of the molecule is CCc1ccc(OCc2nnc(SCC(=O)Nc3ccccc3Cl)o2)cc1. The minimum Gasteiger partial charge on any atom is -0.484 e. The van der Waals surface area contributed by atoms with Gasteiger partial charge in [-0.2, -0.15) is 0 Å². The summed E-state index contributed by atoms with van der Waals surface area (Å²) in [5.41, 5.74) is 1.81. The predicted octanol–water partition coefficient (Wildman–Crippen LogP) is 4.60. The highest BCUT2D eigenvalue weighted by Crippen LogP contribution is 2.22. The van der Waals surface area contributed by atoms with Gasteiger partial charge in [0.1, 0.15) is 5.75 Å². The molecule has 6 nitrogen and oxygen atoms in total. The van der Waals surface area contributed by atoms with Crippen LogP contribution in [0.25, 0.3) is 0 Å². The van der Waals surface area contributed by atoms with Crippen LogP contribution in [-0.4, -0.2) is 21.9 Å². The number of aromatic nitrogens is 2. The van der Waals surface area contributed by atoms with Gasteiger partial charge >= 0.3 is 0 Å². The van der Waals surface area contributed by atoms with Crippen LogP contribution < -0.4 is 10.1 Å². The van der Waals surface area contributed by atoms with Crippen molar-refractivity contribution in [2.75, 3.05) is 11.1 Å². The molecule has 0 bridgehead atoms. The summed E-state index contributed by atoms with van der Waals surface area (Å²) in [5, 5.41) is 11.4. The molecule has 0 spiro atoms. The first-order valence-electron chi connectivity index (χ1n) is 8.35. The van der Waals surface area contributed by atoms with Gasteiger partial charge in [0, 0.05) is 0 Å². The largest absolute Gasteiger partial charge is 0.484 e. The van der Waals surface area contributed by atoms with Crippen molar-refractivity contribution >= 4 is 35.0 Å². The Bertz CT molecular complexity index is 899. The van der Waals surface area contributed by atoms with Gasteiger partial charge < -0.3 is 14.5 Å². The van der Waals surface area contributed by atoms with Crippen LogP contribution in [0.15, 0.2) is 58.2 Å². The molecule has 3 rings (SSSR count). The molecule has 0 aliphatic carbocycles. The Kier molecular flexibility index (Phi) is 6.73. The van der Waals surface area contributed by atoms with Gasteiger partial charge in [0.2, 0.25) is 5.91 Å². The van der Waals surface area contributed by atoms with Gasteiger partial charge in [-0.1, -0.05) is 54.6 Å². The van der Waals surface area contributed by atoms with Crippen molar-refractivity contribution in [2.24, 2.45) is 0 Å². The first-order valence-corrected chi connectivity index (χ1v) is 9.71. The Morgan fingerprint density at radius 1 is 1.19 bits per heavy atom. The number of hydrogen-bond donors (Lipinski definition) is 1. The summed E-state index contributed by atoms with van der Waals surface area (Å²) in [7, 11) is 0. The molecule has 1 N–H and O–H groups in total. The molecule has 0 unspecified atom stereocenters. The van der Waals surface area contributed by atoms with Crippen molar-refractivity contribution < 1.29 is 13.9 Å². The predicted molar refractivity (Wildman–Crippen MR) is 105 cm³/mol. The van der Waals surface area contributed by atoms with Crippen molar-refractivity contribution in [1.82, 2.24) is 10.2 Å². The van der Waals surface area contributed by atoms with Crippen LogP contribution in [0.3, 0.4) is 0 Å². The van der Waals surface area contributed by atoms with E-state index in [4.69, 9.17) is 20.8 Å². The maximum absolute atomic E-state index is 12.0. The Balaban J connectivity index is 1.46. The molecule has 27 heavy (non-hydrogen) atoms. The maximum atomic E-state index is 12.0. The zero-order valence-electron chi connectivity index (χ0n) is 14.6. The molecule has 0 aliphatic rings. The number of anilines is 1. The Morgan fingerprint density at radius 2 is 1.96 bits per heavy atom. The summed E-state index contributed by atoms with van der Waals surface area (Å²) < 4.78 is 11.1. The number of nitrogens with one attached hydrogen (secondary N) is 1. The molecule has 0 radical (unpaired) electrons. The van der Waals surface area contributed by atoms with Crippen LogP contribution in [-0.2, 0) is 17.8 Å². The number of hydrogen-bond acceptors (Lipinski definition) is 6. The van der Waals surface area contributed by atoms with E-state index in [2.05, 4.69) is 22.4 Å². The molecule has 1 amide bonds. The lowest BCUT2D eigenvalue weighted by atomic mass is 10.2. The number of rotatable bonds is 8. The average molecular weight is 404 g/mol. The van der Waals surface area contributed by atoms with E-state index in [1.54, 1.807) is 24.3 Å². The molecule has 140 valence electrons. The molecule has 0 atom stereocenters. The molecular weight excluding hydrogens is 386 g/mol. The van der Waals surface area contributed by atoms with Gasteiger partial charge in [-0.15, -0.1) is 10.2 Å². The van der Waals surface area contributed by atoms with Crippen LogP contribution in [0.2, 0.25) is 5.02 Å². The first kappa shape index (κ1) is 19.3. The lowest BCUT2D eigenvalue weighted by Gasteiger charge is -2.05. The molecule has 3 aromatic rings. The third-order valence-electron chi connectivity index (χ3n) is 3.62. The lowest BCUT2D eigenvalue weighted by Crippen LogP contribution is -2.14. The summed E-state index contributed by atoms with van der Waals surface area (Å²) in [5.74, 6) is 1.01. The molecule has 1 heterocycles. The first-order chi connectivity index (χ1) is 13.1. The van der Waals surface area contributed by atoms with Gasteiger partial charge in [-0.3, -0.25) is 4.79 Å². The van der Waals surface area contributed by atoms with Crippen LogP contribution in [0, 0.1) is 0 Å². The van der Waals surface area contributed by atoms with Gasteiger partial charge in [0.15, 0.2) is 6.61 Å². The van der Waals surface area contributed by atoms with Crippen LogP contribution in [0.1, 0.15) is 18.4 Å². The molecular formula is C19H18ClN3O3S. The van der Waals surface area contributed by atoms with Gasteiger partial charge in [-0.25, -0.2) is 0 Å². The van der Waals surface area contributed by atoms with E-state index in [9.17, 15) is 4.79 Å². The van der Waals surface area contributed by atoms with E-state index < -0.39 is 0 Å². The summed E-state index contributed by atoms with van der Waals surface area (Å²) in [6, 6.07) is 14.9. The van der Waals surface area contributed by atoms with Crippen LogP contribution in [0.5, 0.6) is 5.75 Å². The molecule has 0 saturated heterocycles. The number of ether oxygens (including phenoxy) is 1. The Hall–Kier alpha value is -2.51. The minimum atomic E-state index is -0.208. The van der Waals surface area contributed by atoms with Crippen molar-refractivity contribution in [3.63, 3.8) is 0 Å². The van der Waals surface area contributed by atoms with Crippen molar-refractivity contribution in [1.29, 1.82) is 0 Å². The lowest BCUT2D eigenvalue weighted by molar-refractivity contribution is -0.113. The number of benzene rings is 2. The highest BCUT2D eigenvalue weighted by molar-refractivity contribution is 7.99. The quantitative estimate of drug-likeness (QED) is 0.554. The Morgan fingerprint density at radius 3 is 2.70 bits per heavy atom. The van der Waals surface area contributed by atoms with E-state index >= 15 is 0 Å². The topological polar surface area (TPSA) is 77.2 Å². The standard InChI is InChI=1S/C19H18ClN3O3S/c1-2-13-7-9-14(10-8-13)25-11-18-22-23-19(26-18)27-12-17(24)21-16-6-4-3-5-15(16)20/h3-10H,2,11-12H2,1H3,(H,21,24). The third-order valence-corrected chi connectivity index (χ3v) is 4.76. The van der Waals surface area contributed by atoms with Crippen molar-refractivity contribution in [2.45, 2.75) is 25.2 Å². The fourth-order valence-corrected chi connectivity index (χ4v) is 2.96. The number of para-hydroxylation sites is 1. The summed E-state index contributed by atoms with van der Waals surface area (Å²) in [6.45, 7) is 2.27. The zero-order valence-corrected chi connectivity index (χ0v) is 16.2. The molecule has 8 heteroatoms. The number of carbonyl (C=O) groups is 1. The molecule has 2 aromatic carbocycles. The molecule has 0 fully saturated rings. The number of thioether (sulfide) groups is 1. The van der Waals surface area contributed by atoms with Crippen molar-refractivity contribution in [3.8, 4) is 5.75 Å². The summed E-state index contributed by atoms with van der Waals surface area (Å²) in [6.07, 6.45) is 0.981. The highest BCUT2D eigenvalue weighted by atomic mass is 35.5. The smallest absolute Gasteiger partial charge is 0.277 e. The fourth-order valence-electron chi connectivity index (χ4n) is 2.20. The Labute approximate surface area is 166 Å². The average Bonchev–Trinajstić information content (AvgIpc) is 3.15. The van der Waals surface area contributed by atoms with Gasteiger partial charge in [-0.05, 0) is 36.2 Å². The number of halogens is 1. The van der Waals surface area contributed by atoms with E-state index in [1.807, 2.05) is 24.3 Å². The third kappa shape index (κ3) is 5.74. The van der Waals surface area contributed by atoms with Crippen LogP contribution >= 0.6 is 23.4 Å². The van der Waals surface area contributed by atoms with E-state index in [0.717, 1.165) is 23.9 Å². The van der Waals surface area contributed by atoms with Crippen molar-refractivity contribution in [3.05, 3.63) is 65.0 Å². The van der Waals surface area contributed by atoms with E-state index in [1.165, 1.54) is 5.56 Å². The van der Waals surface area contributed by atoms with Gasteiger partial charge in [0.05, 0.1) is 16.5 Å². The zero-order chi connectivity index (χ0) is 19.1. The molecule has 0 saturated carbocycles. The van der Waals surface area contributed by atoms with E-state index in [0.29, 0.717) is 21.8 Å². The van der Waals surface area contributed by atoms with Gasteiger partial charge in [0.25, 0.3) is 11.1 Å². The normalized spacial score (nSPS) is 10.6. The number of carbonyl (C=O) groups excluding carboxylic acids is 1. The number of nitrogens with zero attached hydrogens (tertiary/aromatic N) is 2. The van der Waals surface area contributed by atoms with Crippen LogP contribution in [0.4, 0.5) is 5.69 Å². The monoisotopic (exact) mass is 403 g/mol. The highest BCUT2D eigenvalue weighted by Gasteiger charge is 2.11. The fraction of sp³-hybridized carbons (Fsp3) is 0.211. The maximum Gasteiger partial charge on any atom is 0.277 e. The molecule has 1 aromatic heterocycles. The molecule has 0 aliphatic heterocycles. The minimum absolute atomic E-state index is 0.131. The van der Waals surface area contributed by atoms with E-state index in [-0.39, 0.29) is 18.3 Å². The summed E-state index contributed by atoms with van der Waals surface area (Å²) in [4.78, 5) is 12.0. The summed E-state index contributed by atoms with van der Waals surface area (Å²) >= 11 is 7.16. The number of aryl methyl sites for hydroxylation is 1. The number of amides is 1. The second-order valence-electron chi connectivity index (χ2n) is 5.56.